The molecule has 0 radical (unpaired) electrons. The Balaban J connectivity index is 1.76. The van der Waals surface area contributed by atoms with Crippen LogP contribution in [0.15, 0.2) is 54.9 Å². The third-order valence-electron chi connectivity index (χ3n) is 4.76. The SMILES string of the molecule is Cc1ccc(Nc2ncnc(Nc3cccc4nc(C)ccc34)c2[N+](=O)[O-])c(C)c1. The van der Waals surface area contributed by atoms with E-state index in [4.69, 9.17) is 0 Å². The molecule has 0 aliphatic heterocycles. The Kier molecular flexibility index (Phi) is 4.97. The van der Waals surface area contributed by atoms with E-state index in [1.54, 1.807) is 0 Å². The van der Waals surface area contributed by atoms with E-state index in [0.717, 1.165) is 33.4 Å². The summed E-state index contributed by atoms with van der Waals surface area (Å²) in [7, 11) is 0. The lowest BCUT2D eigenvalue weighted by atomic mass is 10.1. The summed E-state index contributed by atoms with van der Waals surface area (Å²) in [5.41, 5.74) is 4.97. The molecule has 8 nitrogen and oxygen atoms in total. The summed E-state index contributed by atoms with van der Waals surface area (Å²) in [5.74, 6) is 0.231. The number of fused-ring (bicyclic) bond motifs is 1. The van der Waals surface area contributed by atoms with Crippen molar-refractivity contribution in [2.24, 2.45) is 0 Å². The van der Waals surface area contributed by atoms with Crippen LogP contribution < -0.4 is 10.6 Å². The van der Waals surface area contributed by atoms with Gasteiger partial charge in [0.25, 0.3) is 0 Å². The molecule has 0 saturated heterocycles. The first-order chi connectivity index (χ1) is 14.4. The van der Waals surface area contributed by atoms with Crippen LogP contribution in [0.2, 0.25) is 0 Å². The lowest BCUT2D eigenvalue weighted by Gasteiger charge is -2.13. The summed E-state index contributed by atoms with van der Waals surface area (Å²) in [6.45, 7) is 5.85. The second kappa shape index (κ2) is 7.75. The number of nitro groups is 1. The van der Waals surface area contributed by atoms with Gasteiger partial charge in [-0.1, -0.05) is 23.8 Å². The van der Waals surface area contributed by atoms with Crippen LogP contribution in [-0.4, -0.2) is 19.9 Å². The number of nitrogens with one attached hydrogen (secondary N) is 2. The van der Waals surface area contributed by atoms with Crippen molar-refractivity contribution in [3.63, 3.8) is 0 Å². The third kappa shape index (κ3) is 3.75. The van der Waals surface area contributed by atoms with Crippen LogP contribution in [0.5, 0.6) is 0 Å². The number of aryl methyl sites for hydroxylation is 3. The molecule has 4 rings (SSSR count). The minimum Gasteiger partial charge on any atom is -0.334 e. The van der Waals surface area contributed by atoms with Crippen LogP contribution in [-0.2, 0) is 0 Å². The van der Waals surface area contributed by atoms with Crippen molar-refractivity contribution in [1.29, 1.82) is 0 Å². The van der Waals surface area contributed by atoms with Crippen molar-refractivity contribution >= 4 is 39.6 Å². The molecule has 2 aromatic carbocycles. The highest BCUT2D eigenvalue weighted by atomic mass is 16.6. The topological polar surface area (TPSA) is 106 Å². The van der Waals surface area contributed by atoms with Gasteiger partial charge in [0.05, 0.1) is 10.4 Å². The van der Waals surface area contributed by atoms with Crippen LogP contribution >= 0.6 is 0 Å². The van der Waals surface area contributed by atoms with Crippen molar-refractivity contribution < 1.29 is 4.92 Å². The molecule has 0 unspecified atom stereocenters. The highest BCUT2D eigenvalue weighted by molar-refractivity contribution is 5.94. The molecule has 0 spiro atoms. The van der Waals surface area contributed by atoms with Gasteiger partial charge in [-0.3, -0.25) is 15.1 Å². The molecule has 0 amide bonds. The van der Waals surface area contributed by atoms with E-state index in [9.17, 15) is 10.1 Å². The summed E-state index contributed by atoms with van der Waals surface area (Å²) in [6, 6.07) is 15.2. The van der Waals surface area contributed by atoms with Crippen molar-refractivity contribution in [2.75, 3.05) is 10.6 Å². The summed E-state index contributed by atoms with van der Waals surface area (Å²) >= 11 is 0. The van der Waals surface area contributed by atoms with Gasteiger partial charge < -0.3 is 10.6 Å². The standard InChI is InChI=1S/C22H20N6O2/c1-13-7-10-17(14(2)11-13)26-21-20(28(29)30)22(24-12-23-21)27-19-6-4-5-18-16(19)9-8-15(3)25-18/h4-12H,1-3H3,(H2,23,24,26,27). The van der Waals surface area contributed by atoms with Gasteiger partial charge in [0, 0.05) is 22.5 Å². The number of hydrogen-bond acceptors (Lipinski definition) is 7. The molecule has 0 aliphatic rings. The largest absolute Gasteiger partial charge is 0.353 e. The number of hydrogen-bond donors (Lipinski definition) is 2. The minimum absolute atomic E-state index is 0.107. The van der Waals surface area contributed by atoms with Crippen LogP contribution in [0.3, 0.4) is 0 Å². The monoisotopic (exact) mass is 400 g/mol. The zero-order chi connectivity index (χ0) is 21.3. The summed E-state index contributed by atoms with van der Waals surface area (Å²) < 4.78 is 0. The lowest BCUT2D eigenvalue weighted by molar-refractivity contribution is -0.383. The van der Waals surface area contributed by atoms with E-state index >= 15 is 0 Å². The quantitative estimate of drug-likeness (QED) is 0.344. The zero-order valence-electron chi connectivity index (χ0n) is 16.8. The van der Waals surface area contributed by atoms with Gasteiger partial charge >= 0.3 is 5.69 Å². The van der Waals surface area contributed by atoms with Gasteiger partial charge in [-0.15, -0.1) is 0 Å². The van der Waals surface area contributed by atoms with Gasteiger partial charge in [-0.25, -0.2) is 9.97 Å². The Bertz CT molecular complexity index is 1270. The van der Waals surface area contributed by atoms with Gasteiger partial charge in [0.15, 0.2) is 0 Å². The fraction of sp³-hybridized carbons (Fsp3) is 0.136. The number of anilines is 4. The number of aromatic nitrogens is 3. The Hall–Kier alpha value is -4.07. The highest BCUT2D eigenvalue weighted by Crippen LogP contribution is 2.35. The maximum absolute atomic E-state index is 11.9. The van der Waals surface area contributed by atoms with Crippen LogP contribution in [0.25, 0.3) is 10.9 Å². The molecule has 2 aromatic heterocycles. The second-order valence-corrected chi connectivity index (χ2v) is 7.07. The van der Waals surface area contributed by atoms with Gasteiger partial charge in [0.2, 0.25) is 11.6 Å². The van der Waals surface area contributed by atoms with Crippen LogP contribution in [0, 0.1) is 30.9 Å². The van der Waals surface area contributed by atoms with E-state index < -0.39 is 4.92 Å². The molecular formula is C22H20N6O2. The molecule has 0 fully saturated rings. The average molecular weight is 400 g/mol. The van der Waals surface area contributed by atoms with Gasteiger partial charge in [-0.2, -0.15) is 0 Å². The maximum atomic E-state index is 11.9. The van der Waals surface area contributed by atoms with E-state index in [-0.39, 0.29) is 17.3 Å². The molecule has 2 heterocycles. The zero-order valence-corrected chi connectivity index (χ0v) is 16.8. The fourth-order valence-corrected chi connectivity index (χ4v) is 3.31. The maximum Gasteiger partial charge on any atom is 0.353 e. The Labute approximate surface area is 173 Å². The molecule has 150 valence electrons. The van der Waals surface area contributed by atoms with E-state index in [2.05, 4.69) is 25.6 Å². The van der Waals surface area contributed by atoms with E-state index in [1.807, 2.05) is 69.3 Å². The first-order valence-corrected chi connectivity index (χ1v) is 9.39. The first kappa shape index (κ1) is 19.3. The Morgan fingerprint density at radius 3 is 2.33 bits per heavy atom. The second-order valence-electron chi connectivity index (χ2n) is 7.07. The molecule has 8 heteroatoms. The van der Waals surface area contributed by atoms with E-state index in [1.165, 1.54) is 6.33 Å². The third-order valence-corrected chi connectivity index (χ3v) is 4.76. The molecule has 30 heavy (non-hydrogen) atoms. The molecular weight excluding hydrogens is 380 g/mol. The highest BCUT2D eigenvalue weighted by Gasteiger charge is 2.24. The summed E-state index contributed by atoms with van der Waals surface area (Å²) in [5, 5.41) is 18.9. The average Bonchev–Trinajstić information content (AvgIpc) is 2.70. The molecule has 0 saturated carbocycles. The number of nitrogens with zero attached hydrogens (tertiary/aromatic N) is 4. The Morgan fingerprint density at radius 2 is 1.63 bits per heavy atom. The van der Waals surface area contributed by atoms with E-state index in [0.29, 0.717) is 5.69 Å². The van der Waals surface area contributed by atoms with Gasteiger partial charge in [0.1, 0.15) is 6.33 Å². The fourth-order valence-electron chi connectivity index (χ4n) is 3.31. The number of pyridine rings is 1. The van der Waals surface area contributed by atoms with Crippen molar-refractivity contribution in [3.05, 3.63) is 81.8 Å². The number of benzene rings is 2. The molecule has 0 atom stereocenters. The smallest absolute Gasteiger partial charge is 0.334 e. The predicted molar refractivity (Wildman–Crippen MR) is 118 cm³/mol. The van der Waals surface area contributed by atoms with Crippen molar-refractivity contribution in [1.82, 2.24) is 15.0 Å². The normalized spacial score (nSPS) is 10.8. The lowest BCUT2D eigenvalue weighted by Crippen LogP contribution is -2.06. The molecule has 0 aliphatic carbocycles. The van der Waals surface area contributed by atoms with Crippen LogP contribution in [0.4, 0.5) is 28.7 Å². The molecule has 0 bridgehead atoms. The molecule has 4 aromatic rings. The minimum atomic E-state index is -0.484. The summed E-state index contributed by atoms with van der Waals surface area (Å²) in [4.78, 5) is 24.2. The van der Waals surface area contributed by atoms with Crippen molar-refractivity contribution in [3.8, 4) is 0 Å². The van der Waals surface area contributed by atoms with Crippen LogP contribution in [0.1, 0.15) is 16.8 Å². The molecule has 2 N–H and O–H groups in total. The first-order valence-electron chi connectivity index (χ1n) is 9.39. The number of rotatable bonds is 5. The predicted octanol–water partition coefficient (Wildman–Crippen LogP) is 5.35. The Morgan fingerprint density at radius 1 is 0.900 bits per heavy atom. The van der Waals surface area contributed by atoms with Crippen molar-refractivity contribution in [2.45, 2.75) is 20.8 Å². The summed E-state index contributed by atoms with van der Waals surface area (Å²) in [6.07, 6.45) is 1.30. The van der Waals surface area contributed by atoms with Gasteiger partial charge in [-0.05, 0) is 56.7 Å².